The highest BCUT2D eigenvalue weighted by Gasteiger charge is 2.17. The minimum Gasteiger partial charge on any atom is -0.265 e. The van der Waals surface area contributed by atoms with Crippen LogP contribution in [0.1, 0.15) is 0 Å². The Kier molecular flexibility index (Phi) is 7.45. The van der Waals surface area contributed by atoms with Gasteiger partial charge in [-0.1, -0.05) is 152 Å². The molecule has 0 bridgehead atoms. The summed E-state index contributed by atoms with van der Waals surface area (Å²) in [6, 6.07) is 58.9. The van der Waals surface area contributed by atoms with Gasteiger partial charge in [-0.2, -0.15) is 0 Å². The Balaban J connectivity index is 1.21. The van der Waals surface area contributed by atoms with Crippen molar-refractivity contribution in [2.45, 2.75) is 0 Å². The number of benzene rings is 6. The number of nitrogens with zero attached hydrogens (tertiary/aromatic N) is 4. The van der Waals surface area contributed by atoms with Crippen molar-refractivity contribution in [1.29, 1.82) is 0 Å². The molecule has 0 spiro atoms. The highest BCUT2D eigenvalue weighted by atomic mass is 14.9. The molecule has 4 heteroatoms. The number of para-hydroxylation sites is 1. The number of aromatic nitrogens is 4. The van der Waals surface area contributed by atoms with E-state index in [1.54, 1.807) is 0 Å². The van der Waals surface area contributed by atoms with E-state index in [4.69, 9.17) is 15.0 Å². The fraction of sp³-hybridized carbons (Fsp3) is 0. The Morgan fingerprint density at radius 3 is 1.52 bits per heavy atom. The largest absolute Gasteiger partial charge is 0.265 e. The molecule has 3 heterocycles. The zero-order valence-electron chi connectivity index (χ0n) is 27.1. The summed E-state index contributed by atoms with van der Waals surface area (Å²) in [4.78, 5) is 19.7. The van der Waals surface area contributed by atoms with Gasteiger partial charge in [0.05, 0.1) is 22.6 Å². The van der Waals surface area contributed by atoms with Crippen molar-refractivity contribution in [3.8, 4) is 67.4 Å². The molecule has 6 aromatic carbocycles. The van der Waals surface area contributed by atoms with Crippen LogP contribution in [-0.2, 0) is 0 Å². The Labute approximate surface area is 290 Å². The van der Waals surface area contributed by atoms with Crippen LogP contribution >= 0.6 is 0 Å². The highest BCUT2D eigenvalue weighted by Crippen LogP contribution is 2.41. The van der Waals surface area contributed by atoms with Crippen LogP contribution in [-0.4, -0.2) is 19.9 Å². The summed E-state index contributed by atoms with van der Waals surface area (Å²) in [6.07, 6.45) is 3.66. The van der Waals surface area contributed by atoms with Crippen molar-refractivity contribution in [3.63, 3.8) is 0 Å². The molecular formula is C46H30N4. The molecule has 9 rings (SSSR count). The molecule has 0 radical (unpaired) electrons. The van der Waals surface area contributed by atoms with Gasteiger partial charge in [0, 0.05) is 56.4 Å². The zero-order valence-corrected chi connectivity index (χ0v) is 27.1. The predicted molar refractivity (Wildman–Crippen MR) is 205 cm³/mol. The maximum Gasteiger partial charge on any atom is 0.160 e. The van der Waals surface area contributed by atoms with E-state index < -0.39 is 0 Å². The van der Waals surface area contributed by atoms with Gasteiger partial charge in [0.1, 0.15) is 0 Å². The summed E-state index contributed by atoms with van der Waals surface area (Å²) in [6.45, 7) is 0. The summed E-state index contributed by atoms with van der Waals surface area (Å²) in [7, 11) is 0. The van der Waals surface area contributed by atoms with Gasteiger partial charge < -0.3 is 0 Å². The summed E-state index contributed by atoms with van der Waals surface area (Å²) in [5, 5.41) is 3.43. The third-order valence-corrected chi connectivity index (χ3v) is 9.21. The van der Waals surface area contributed by atoms with Gasteiger partial charge in [0.2, 0.25) is 0 Å². The molecule has 0 N–H and O–H groups in total. The van der Waals surface area contributed by atoms with E-state index in [9.17, 15) is 0 Å². The van der Waals surface area contributed by atoms with Gasteiger partial charge in [0.25, 0.3) is 0 Å². The van der Waals surface area contributed by atoms with Crippen molar-refractivity contribution in [2.75, 3.05) is 0 Å². The number of pyridine rings is 2. The maximum atomic E-state index is 5.41. The van der Waals surface area contributed by atoms with Crippen LogP contribution in [0.25, 0.3) is 89.1 Å². The first-order valence-electron chi connectivity index (χ1n) is 16.7. The smallest absolute Gasteiger partial charge is 0.160 e. The predicted octanol–water partition coefficient (Wildman–Crippen LogP) is 11.6. The molecule has 0 atom stereocenters. The lowest BCUT2D eigenvalue weighted by molar-refractivity contribution is 1.18. The van der Waals surface area contributed by atoms with Gasteiger partial charge >= 0.3 is 0 Å². The molecular weight excluding hydrogens is 609 g/mol. The van der Waals surface area contributed by atoms with E-state index in [2.05, 4.69) is 126 Å². The lowest BCUT2D eigenvalue weighted by atomic mass is 9.91. The van der Waals surface area contributed by atoms with Crippen molar-refractivity contribution in [3.05, 3.63) is 182 Å². The molecule has 9 aromatic rings. The lowest BCUT2D eigenvalue weighted by Crippen LogP contribution is -1.96. The fourth-order valence-corrected chi connectivity index (χ4v) is 6.79. The average Bonchev–Trinajstić information content (AvgIpc) is 3.21. The number of rotatable bonds is 6. The molecule has 234 valence electrons. The van der Waals surface area contributed by atoms with Crippen molar-refractivity contribution >= 4 is 21.7 Å². The Hall–Kier alpha value is -6.78. The summed E-state index contributed by atoms with van der Waals surface area (Å²) in [5.74, 6) is 0.703. The van der Waals surface area contributed by atoms with E-state index >= 15 is 0 Å². The number of fused-ring (bicyclic) bond motifs is 3. The lowest BCUT2D eigenvalue weighted by Gasteiger charge is -2.16. The Morgan fingerprint density at radius 2 is 0.860 bits per heavy atom. The zero-order chi connectivity index (χ0) is 33.3. The molecule has 0 saturated carbocycles. The number of hydrogen-bond donors (Lipinski definition) is 0. The minimum absolute atomic E-state index is 0.703. The minimum atomic E-state index is 0.703. The molecule has 50 heavy (non-hydrogen) atoms. The topological polar surface area (TPSA) is 51.6 Å². The molecule has 0 saturated heterocycles. The molecule has 0 aliphatic rings. The second-order valence-corrected chi connectivity index (χ2v) is 12.3. The standard InChI is InChI=1S/C46H30N4/c1-4-12-31(13-5-1)37-18-10-20-39-43(37)40-21-11-19-38(45(40)50-44(39)35-26-28-47-29-27-35)32-22-24-34(25-23-32)42-30-41(33-14-6-2-7-15-33)48-46(49-42)36-16-8-3-9-17-36/h1-30H. The molecule has 0 amide bonds. The van der Waals surface area contributed by atoms with E-state index in [-0.39, 0.29) is 0 Å². The van der Waals surface area contributed by atoms with Gasteiger partial charge in [-0.15, -0.1) is 0 Å². The van der Waals surface area contributed by atoms with E-state index in [1.807, 2.05) is 60.9 Å². The van der Waals surface area contributed by atoms with E-state index in [0.29, 0.717) is 5.82 Å². The van der Waals surface area contributed by atoms with Gasteiger partial charge in [-0.3, -0.25) is 4.98 Å². The molecule has 0 aliphatic carbocycles. The summed E-state index contributed by atoms with van der Waals surface area (Å²) >= 11 is 0. The van der Waals surface area contributed by atoms with Crippen LogP contribution in [0, 0.1) is 0 Å². The Morgan fingerprint density at radius 1 is 0.340 bits per heavy atom. The van der Waals surface area contributed by atoms with Crippen LogP contribution in [0.4, 0.5) is 0 Å². The second-order valence-electron chi connectivity index (χ2n) is 12.3. The first-order valence-corrected chi connectivity index (χ1v) is 16.7. The third-order valence-electron chi connectivity index (χ3n) is 9.21. The van der Waals surface area contributed by atoms with Crippen LogP contribution in [0.3, 0.4) is 0 Å². The molecule has 0 aliphatic heterocycles. The maximum absolute atomic E-state index is 5.41. The van der Waals surface area contributed by atoms with Gasteiger partial charge in [0.15, 0.2) is 5.82 Å². The monoisotopic (exact) mass is 638 g/mol. The van der Waals surface area contributed by atoms with Gasteiger partial charge in [-0.05, 0) is 34.9 Å². The highest BCUT2D eigenvalue weighted by molar-refractivity contribution is 6.19. The second kappa shape index (κ2) is 12.7. The Bertz CT molecular complexity index is 2550. The molecule has 3 aromatic heterocycles. The fourth-order valence-electron chi connectivity index (χ4n) is 6.79. The third kappa shape index (κ3) is 5.39. The summed E-state index contributed by atoms with van der Waals surface area (Å²) < 4.78 is 0. The normalized spacial score (nSPS) is 11.2. The van der Waals surface area contributed by atoms with Crippen molar-refractivity contribution in [2.24, 2.45) is 0 Å². The van der Waals surface area contributed by atoms with Crippen molar-refractivity contribution < 1.29 is 0 Å². The van der Waals surface area contributed by atoms with Gasteiger partial charge in [-0.25, -0.2) is 15.0 Å². The van der Waals surface area contributed by atoms with Crippen molar-refractivity contribution in [1.82, 2.24) is 19.9 Å². The molecule has 0 fully saturated rings. The van der Waals surface area contributed by atoms with Crippen LogP contribution in [0.15, 0.2) is 182 Å². The van der Waals surface area contributed by atoms with Crippen LogP contribution in [0.2, 0.25) is 0 Å². The van der Waals surface area contributed by atoms with E-state index in [0.717, 1.165) is 66.8 Å². The first kappa shape index (κ1) is 29.4. The quantitative estimate of drug-likeness (QED) is 0.170. The summed E-state index contributed by atoms with van der Waals surface area (Å²) in [5.41, 5.74) is 12.3. The average molecular weight is 639 g/mol. The van der Waals surface area contributed by atoms with Crippen LogP contribution < -0.4 is 0 Å². The SMILES string of the molecule is c1ccc(-c2cc(-c3ccc(-c4cccc5c4nc(-c4ccncc4)c4cccc(-c6ccccc6)c45)cc3)nc(-c3ccccc3)n2)cc1. The molecule has 0 unspecified atom stereocenters. The first-order chi connectivity index (χ1) is 24.8. The van der Waals surface area contributed by atoms with E-state index in [1.165, 1.54) is 16.5 Å². The number of hydrogen-bond acceptors (Lipinski definition) is 4. The molecule has 4 nitrogen and oxygen atoms in total. The van der Waals surface area contributed by atoms with Crippen LogP contribution in [0.5, 0.6) is 0 Å².